The van der Waals surface area contributed by atoms with Crippen molar-refractivity contribution in [2.45, 2.75) is 31.3 Å². The quantitative estimate of drug-likeness (QED) is 0.669. The van der Waals surface area contributed by atoms with Crippen molar-refractivity contribution in [1.82, 2.24) is 10.2 Å². The van der Waals surface area contributed by atoms with Crippen LogP contribution < -0.4 is 5.32 Å². The van der Waals surface area contributed by atoms with Crippen LogP contribution in [0.4, 0.5) is 4.79 Å². The molecule has 0 radical (unpaired) electrons. The van der Waals surface area contributed by atoms with E-state index in [9.17, 15) is 19.5 Å². The van der Waals surface area contributed by atoms with Gasteiger partial charge in [-0.2, -0.15) is 0 Å². The van der Waals surface area contributed by atoms with E-state index < -0.39 is 30.1 Å². The fourth-order valence-electron chi connectivity index (χ4n) is 4.90. The summed E-state index contributed by atoms with van der Waals surface area (Å²) in [5, 5.41) is 11.9. The first-order valence-corrected chi connectivity index (χ1v) is 11.1. The van der Waals surface area contributed by atoms with Gasteiger partial charge in [0.15, 0.2) is 0 Å². The summed E-state index contributed by atoms with van der Waals surface area (Å²) in [5.41, 5.74) is 4.46. The summed E-state index contributed by atoms with van der Waals surface area (Å²) in [7, 11) is 1.44. The molecule has 2 amide bonds. The average Bonchev–Trinajstić information content (AvgIpc) is 3.35. The number of ether oxygens (including phenoxy) is 2. The number of alkyl carbamates (subject to hydrolysis) is 1. The van der Waals surface area contributed by atoms with Gasteiger partial charge in [-0.1, -0.05) is 48.5 Å². The summed E-state index contributed by atoms with van der Waals surface area (Å²) in [6.45, 7) is 2.13. The van der Waals surface area contributed by atoms with E-state index in [1.807, 2.05) is 36.4 Å². The van der Waals surface area contributed by atoms with Crippen LogP contribution in [0.25, 0.3) is 11.1 Å². The van der Waals surface area contributed by atoms with Crippen LogP contribution in [-0.2, 0) is 19.1 Å². The highest BCUT2D eigenvalue weighted by Crippen LogP contribution is 2.44. The highest BCUT2D eigenvalue weighted by atomic mass is 16.5. The van der Waals surface area contributed by atoms with Crippen LogP contribution in [0.5, 0.6) is 0 Å². The summed E-state index contributed by atoms with van der Waals surface area (Å²) >= 11 is 0. The highest BCUT2D eigenvalue weighted by molar-refractivity contribution is 5.87. The molecule has 0 spiro atoms. The average molecular weight is 453 g/mol. The highest BCUT2D eigenvalue weighted by Gasteiger charge is 2.40. The second-order valence-electron chi connectivity index (χ2n) is 8.48. The van der Waals surface area contributed by atoms with Crippen LogP contribution in [0.3, 0.4) is 0 Å². The third-order valence-electron chi connectivity index (χ3n) is 6.62. The SMILES string of the molecule is COCC(NC(=O)OCC1c2ccccc2-c2ccccc21)C(=O)N1CCC(C(=O)O)C1C. The maximum absolute atomic E-state index is 13.0. The van der Waals surface area contributed by atoms with Gasteiger partial charge in [-0.25, -0.2) is 4.79 Å². The van der Waals surface area contributed by atoms with Gasteiger partial charge in [-0.15, -0.1) is 0 Å². The van der Waals surface area contributed by atoms with Crippen molar-refractivity contribution >= 4 is 18.0 Å². The Labute approximate surface area is 192 Å². The second kappa shape index (κ2) is 9.62. The van der Waals surface area contributed by atoms with E-state index in [0.717, 1.165) is 22.3 Å². The topological polar surface area (TPSA) is 105 Å². The molecule has 3 unspecified atom stereocenters. The van der Waals surface area contributed by atoms with Gasteiger partial charge < -0.3 is 24.8 Å². The Morgan fingerprint density at radius 2 is 1.70 bits per heavy atom. The first-order valence-electron chi connectivity index (χ1n) is 11.1. The Morgan fingerprint density at radius 3 is 2.24 bits per heavy atom. The van der Waals surface area contributed by atoms with Crippen molar-refractivity contribution in [1.29, 1.82) is 0 Å². The van der Waals surface area contributed by atoms with Crippen molar-refractivity contribution in [2.24, 2.45) is 5.92 Å². The van der Waals surface area contributed by atoms with E-state index in [1.54, 1.807) is 6.92 Å². The molecule has 1 aliphatic heterocycles. The van der Waals surface area contributed by atoms with Gasteiger partial charge in [-0.3, -0.25) is 9.59 Å². The van der Waals surface area contributed by atoms with Crippen LogP contribution in [0.15, 0.2) is 48.5 Å². The molecule has 1 heterocycles. The summed E-state index contributed by atoms with van der Waals surface area (Å²) in [6, 6.07) is 14.7. The second-order valence-corrected chi connectivity index (χ2v) is 8.48. The van der Waals surface area contributed by atoms with Gasteiger partial charge in [0.1, 0.15) is 12.6 Å². The number of hydrogen-bond acceptors (Lipinski definition) is 5. The third kappa shape index (κ3) is 4.43. The maximum atomic E-state index is 13.0. The van der Waals surface area contributed by atoms with E-state index in [-0.39, 0.29) is 25.0 Å². The summed E-state index contributed by atoms with van der Waals surface area (Å²) in [5.74, 6) is -2.01. The first-order chi connectivity index (χ1) is 15.9. The molecule has 8 nitrogen and oxygen atoms in total. The van der Waals surface area contributed by atoms with Crippen LogP contribution in [0.2, 0.25) is 0 Å². The van der Waals surface area contributed by atoms with Crippen molar-refractivity contribution in [2.75, 3.05) is 26.9 Å². The number of carboxylic acids is 1. The largest absolute Gasteiger partial charge is 0.481 e. The lowest BCUT2D eigenvalue weighted by Gasteiger charge is -2.28. The number of carboxylic acid groups (broad SMARTS) is 1. The van der Waals surface area contributed by atoms with Crippen LogP contribution in [0, 0.1) is 5.92 Å². The van der Waals surface area contributed by atoms with Crippen molar-refractivity contribution in [3.8, 4) is 11.1 Å². The molecule has 0 aromatic heterocycles. The van der Waals surface area contributed by atoms with Gasteiger partial charge in [-0.05, 0) is 35.6 Å². The molecule has 174 valence electrons. The number of nitrogens with zero attached hydrogens (tertiary/aromatic N) is 1. The third-order valence-corrected chi connectivity index (χ3v) is 6.62. The van der Waals surface area contributed by atoms with Crippen LogP contribution in [0.1, 0.15) is 30.4 Å². The monoisotopic (exact) mass is 452 g/mol. The van der Waals surface area contributed by atoms with E-state index in [2.05, 4.69) is 17.4 Å². The molecule has 4 rings (SSSR count). The summed E-state index contributed by atoms with van der Waals surface area (Å²) in [6.07, 6.45) is -0.332. The Bertz CT molecular complexity index is 1010. The zero-order chi connectivity index (χ0) is 23.5. The number of likely N-dealkylation sites (tertiary alicyclic amines) is 1. The number of amides is 2. The van der Waals surface area contributed by atoms with Crippen LogP contribution in [-0.4, -0.2) is 66.9 Å². The molecule has 2 aliphatic rings. The minimum atomic E-state index is -0.958. The van der Waals surface area contributed by atoms with Gasteiger partial charge in [0.2, 0.25) is 5.91 Å². The molecule has 3 atom stereocenters. The molecule has 8 heteroatoms. The number of carbonyl (C=O) groups is 3. The Hall–Kier alpha value is -3.39. The molecular weight excluding hydrogens is 424 g/mol. The number of carbonyl (C=O) groups excluding carboxylic acids is 2. The van der Waals surface area contributed by atoms with Crippen molar-refractivity contribution in [3.63, 3.8) is 0 Å². The maximum Gasteiger partial charge on any atom is 0.407 e. The minimum absolute atomic E-state index is 0.0377. The lowest BCUT2D eigenvalue weighted by atomic mass is 9.98. The molecular formula is C25H28N2O6. The molecule has 1 saturated heterocycles. The Kier molecular flexibility index (Phi) is 6.65. The van der Waals surface area contributed by atoms with Gasteiger partial charge >= 0.3 is 12.1 Å². The van der Waals surface area contributed by atoms with Crippen molar-refractivity contribution < 1.29 is 29.0 Å². The van der Waals surface area contributed by atoms with Gasteiger partial charge in [0.25, 0.3) is 0 Å². The summed E-state index contributed by atoms with van der Waals surface area (Å²) < 4.78 is 10.7. The van der Waals surface area contributed by atoms with Crippen LogP contribution >= 0.6 is 0 Å². The number of rotatable bonds is 7. The summed E-state index contributed by atoms with van der Waals surface area (Å²) in [4.78, 5) is 38.5. The van der Waals surface area contributed by atoms with Gasteiger partial charge in [0.05, 0.1) is 12.5 Å². The predicted molar refractivity (Wildman–Crippen MR) is 121 cm³/mol. The van der Waals surface area contributed by atoms with E-state index in [4.69, 9.17) is 9.47 Å². The number of methoxy groups -OCH3 is 1. The number of fused-ring (bicyclic) bond motifs is 3. The standard InChI is InChI=1S/C25H28N2O6/c1-15-16(24(29)30)11-12-27(15)23(28)22(14-32-2)26-25(31)33-13-21-19-9-5-3-7-17(19)18-8-4-6-10-20(18)21/h3-10,15-16,21-22H,11-14H2,1-2H3,(H,26,31)(H,29,30). The lowest BCUT2D eigenvalue weighted by molar-refractivity contribution is -0.143. The number of benzene rings is 2. The fourth-order valence-corrected chi connectivity index (χ4v) is 4.90. The van der Waals surface area contributed by atoms with E-state index >= 15 is 0 Å². The smallest absolute Gasteiger partial charge is 0.407 e. The Morgan fingerprint density at radius 1 is 1.09 bits per heavy atom. The lowest BCUT2D eigenvalue weighted by Crippen LogP contribution is -2.52. The predicted octanol–water partition coefficient (Wildman–Crippen LogP) is 2.86. The molecule has 2 N–H and O–H groups in total. The molecule has 0 saturated carbocycles. The number of hydrogen-bond donors (Lipinski definition) is 2. The zero-order valence-electron chi connectivity index (χ0n) is 18.7. The molecule has 0 bridgehead atoms. The molecule has 33 heavy (non-hydrogen) atoms. The Balaban J connectivity index is 1.41. The molecule has 2 aromatic carbocycles. The number of nitrogens with one attached hydrogen (secondary N) is 1. The fraction of sp³-hybridized carbons (Fsp3) is 0.400. The van der Waals surface area contributed by atoms with Crippen molar-refractivity contribution in [3.05, 3.63) is 59.7 Å². The first kappa shape index (κ1) is 22.8. The van der Waals surface area contributed by atoms with Gasteiger partial charge in [0, 0.05) is 25.6 Å². The minimum Gasteiger partial charge on any atom is -0.481 e. The normalized spacial score (nSPS) is 20.1. The zero-order valence-corrected chi connectivity index (χ0v) is 18.7. The van der Waals surface area contributed by atoms with E-state index in [0.29, 0.717) is 13.0 Å². The number of aliphatic carboxylic acids is 1. The van der Waals surface area contributed by atoms with E-state index in [1.165, 1.54) is 12.0 Å². The molecule has 1 aliphatic carbocycles. The molecule has 2 aromatic rings. The molecule has 1 fully saturated rings.